The Morgan fingerprint density at radius 1 is 1.22 bits per heavy atom. The van der Waals surface area contributed by atoms with E-state index in [2.05, 4.69) is 17.2 Å². The number of pyridine rings is 1. The van der Waals surface area contributed by atoms with Gasteiger partial charge in [0.2, 0.25) is 5.82 Å². The lowest BCUT2D eigenvalue weighted by molar-refractivity contribution is 0.0684. The summed E-state index contributed by atoms with van der Waals surface area (Å²) in [5.41, 5.74) is 0.860. The fourth-order valence-electron chi connectivity index (χ4n) is 3.37. The summed E-state index contributed by atoms with van der Waals surface area (Å²) in [6, 6.07) is 9.01. The van der Waals surface area contributed by atoms with E-state index in [0.717, 1.165) is 25.9 Å². The predicted molar refractivity (Wildman–Crippen MR) is 99.4 cm³/mol. The lowest BCUT2D eigenvalue weighted by Gasteiger charge is -2.29. The summed E-state index contributed by atoms with van der Waals surface area (Å²) in [5.74, 6) is 1.11. The number of carbonyl (C=O) groups excluding carboxylic acids is 2. The molecule has 7 nitrogen and oxygen atoms in total. The van der Waals surface area contributed by atoms with E-state index < -0.39 is 0 Å². The Labute approximate surface area is 157 Å². The first kappa shape index (κ1) is 17.3. The summed E-state index contributed by atoms with van der Waals surface area (Å²) >= 11 is 0. The first-order valence-electron chi connectivity index (χ1n) is 9.20. The first-order valence-corrected chi connectivity index (χ1v) is 9.20. The van der Waals surface area contributed by atoms with Crippen LogP contribution in [-0.4, -0.2) is 39.2 Å². The summed E-state index contributed by atoms with van der Waals surface area (Å²) < 4.78 is 6.93. The van der Waals surface area contributed by atoms with Crippen LogP contribution in [0.2, 0.25) is 0 Å². The van der Waals surface area contributed by atoms with Gasteiger partial charge in [-0.1, -0.05) is 13.0 Å². The summed E-state index contributed by atoms with van der Waals surface area (Å²) in [7, 11) is 0. The molecule has 7 heteroatoms. The average molecular weight is 366 g/mol. The second kappa shape index (κ2) is 7.26. The van der Waals surface area contributed by atoms with Gasteiger partial charge in [-0.25, -0.2) is 4.98 Å². The molecule has 4 rings (SSSR count). The fourth-order valence-corrected chi connectivity index (χ4v) is 3.37. The molecule has 3 aromatic rings. The standard InChI is InChI=1S/C20H22N4O3/c1-14-7-10-23(11-8-14)20(26)18-22-17(16-6-2-3-9-24(16)18)19(25)21-13-15-5-4-12-27-15/h2-6,9,12,14H,7-8,10-11,13H2,1H3,(H,21,25). The zero-order valence-corrected chi connectivity index (χ0v) is 15.2. The molecular weight excluding hydrogens is 344 g/mol. The molecule has 2 amide bonds. The smallest absolute Gasteiger partial charge is 0.290 e. The molecule has 1 aliphatic heterocycles. The number of carbonyl (C=O) groups is 2. The summed E-state index contributed by atoms with van der Waals surface area (Å²) in [6.45, 7) is 3.92. The maximum absolute atomic E-state index is 13.0. The van der Waals surface area contributed by atoms with Crippen LogP contribution in [0.3, 0.4) is 0 Å². The van der Waals surface area contributed by atoms with Gasteiger partial charge in [-0.05, 0) is 43.0 Å². The van der Waals surface area contributed by atoms with Crippen molar-refractivity contribution in [3.05, 3.63) is 60.1 Å². The largest absolute Gasteiger partial charge is 0.467 e. The maximum atomic E-state index is 13.0. The van der Waals surface area contributed by atoms with E-state index in [9.17, 15) is 9.59 Å². The van der Waals surface area contributed by atoms with Crippen LogP contribution in [-0.2, 0) is 6.54 Å². The molecule has 0 bridgehead atoms. The van der Waals surface area contributed by atoms with Gasteiger partial charge < -0.3 is 14.6 Å². The van der Waals surface area contributed by atoms with Gasteiger partial charge in [-0.3, -0.25) is 14.0 Å². The molecule has 3 aromatic heterocycles. The molecule has 140 valence electrons. The van der Waals surface area contributed by atoms with Gasteiger partial charge in [0.1, 0.15) is 5.76 Å². The highest BCUT2D eigenvalue weighted by molar-refractivity contribution is 6.02. The number of amides is 2. The van der Waals surface area contributed by atoms with Crippen molar-refractivity contribution in [2.45, 2.75) is 26.3 Å². The predicted octanol–water partition coefficient (Wildman–Crippen LogP) is 2.73. The van der Waals surface area contributed by atoms with Crippen molar-refractivity contribution in [2.24, 2.45) is 5.92 Å². The molecule has 0 aromatic carbocycles. The molecule has 0 radical (unpaired) electrons. The lowest BCUT2D eigenvalue weighted by Crippen LogP contribution is -2.38. The first-order chi connectivity index (χ1) is 13.1. The van der Waals surface area contributed by atoms with Gasteiger partial charge in [0.25, 0.3) is 11.8 Å². The molecule has 1 fully saturated rings. The van der Waals surface area contributed by atoms with Gasteiger partial charge in [0.05, 0.1) is 18.3 Å². The van der Waals surface area contributed by atoms with Crippen LogP contribution in [0.15, 0.2) is 47.2 Å². The molecule has 0 spiro atoms. The molecule has 0 saturated carbocycles. The molecule has 1 aliphatic rings. The minimum atomic E-state index is -0.332. The van der Waals surface area contributed by atoms with Crippen molar-refractivity contribution in [1.29, 1.82) is 0 Å². The molecule has 4 heterocycles. The summed E-state index contributed by atoms with van der Waals surface area (Å²) in [5, 5.41) is 2.80. The number of aromatic nitrogens is 2. The van der Waals surface area contributed by atoms with E-state index >= 15 is 0 Å². The second-order valence-corrected chi connectivity index (χ2v) is 6.98. The van der Waals surface area contributed by atoms with E-state index in [0.29, 0.717) is 17.2 Å². The van der Waals surface area contributed by atoms with Crippen LogP contribution in [0.1, 0.15) is 46.6 Å². The van der Waals surface area contributed by atoms with E-state index in [1.807, 2.05) is 17.0 Å². The number of rotatable bonds is 4. The highest BCUT2D eigenvalue weighted by Gasteiger charge is 2.27. The molecule has 0 atom stereocenters. The van der Waals surface area contributed by atoms with Crippen molar-refractivity contribution in [2.75, 3.05) is 13.1 Å². The normalized spacial score (nSPS) is 15.2. The van der Waals surface area contributed by atoms with E-state index in [1.165, 1.54) is 0 Å². The van der Waals surface area contributed by atoms with Crippen molar-refractivity contribution < 1.29 is 14.0 Å². The number of imidazole rings is 1. The minimum absolute atomic E-state index is 0.131. The molecule has 0 aliphatic carbocycles. The summed E-state index contributed by atoms with van der Waals surface area (Å²) in [4.78, 5) is 31.9. The SMILES string of the molecule is CC1CCN(C(=O)c2nc(C(=O)NCc3ccco3)c3ccccn23)CC1. The number of hydrogen-bond acceptors (Lipinski definition) is 4. The zero-order valence-electron chi connectivity index (χ0n) is 15.2. The Bertz CT molecular complexity index is 953. The Balaban J connectivity index is 1.60. The number of likely N-dealkylation sites (tertiary alicyclic amines) is 1. The van der Waals surface area contributed by atoms with Crippen molar-refractivity contribution in [3.63, 3.8) is 0 Å². The second-order valence-electron chi connectivity index (χ2n) is 6.98. The number of piperidine rings is 1. The molecule has 1 N–H and O–H groups in total. The number of nitrogens with one attached hydrogen (secondary N) is 1. The quantitative estimate of drug-likeness (QED) is 0.770. The Morgan fingerprint density at radius 3 is 2.78 bits per heavy atom. The Kier molecular flexibility index (Phi) is 4.66. The topological polar surface area (TPSA) is 79.8 Å². The van der Waals surface area contributed by atoms with Gasteiger partial charge >= 0.3 is 0 Å². The molecule has 27 heavy (non-hydrogen) atoms. The van der Waals surface area contributed by atoms with Crippen LogP contribution in [0.25, 0.3) is 5.52 Å². The minimum Gasteiger partial charge on any atom is -0.467 e. The highest BCUT2D eigenvalue weighted by atomic mass is 16.3. The number of fused-ring (bicyclic) bond motifs is 1. The molecule has 1 saturated heterocycles. The Morgan fingerprint density at radius 2 is 2.04 bits per heavy atom. The monoisotopic (exact) mass is 366 g/mol. The van der Waals surface area contributed by atoms with Crippen LogP contribution in [0, 0.1) is 5.92 Å². The Hall–Kier alpha value is -3.09. The third-order valence-corrected chi connectivity index (χ3v) is 5.03. The van der Waals surface area contributed by atoms with Crippen LogP contribution in [0.4, 0.5) is 0 Å². The van der Waals surface area contributed by atoms with E-state index in [-0.39, 0.29) is 29.9 Å². The number of furan rings is 1. The third kappa shape index (κ3) is 3.45. The average Bonchev–Trinajstić information content (AvgIpc) is 3.34. The summed E-state index contributed by atoms with van der Waals surface area (Å²) in [6.07, 6.45) is 5.31. The van der Waals surface area contributed by atoms with Crippen LogP contribution >= 0.6 is 0 Å². The third-order valence-electron chi connectivity index (χ3n) is 5.03. The lowest BCUT2D eigenvalue weighted by atomic mass is 9.99. The number of hydrogen-bond donors (Lipinski definition) is 1. The van der Waals surface area contributed by atoms with Crippen LogP contribution < -0.4 is 5.32 Å². The maximum Gasteiger partial charge on any atom is 0.290 e. The van der Waals surface area contributed by atoms with Crippen molar-refractivity contribution >= 4 is 17.3 Å². The number of nitrogens with zero attached hydrogens (tertiary/aromatic N) is 3. The highest BCUT2D eigenvalue weighted by Crippen LogP contribution is 2.20. The van der Waals surface area contributed by atoms with E-state index in [4.69, 9.17) is 4.42 Å². The van der Waals surface area contributed by atoms with Crippen molar-refractivity contribution in [3.8, 4) is 0 Å². The van der Waals surface area contributed by atoms with Gasteiger partial charge in [0.15, 0.2) is 5.69 Å². The van der Waals surface area contributed by atoms with Crippen molar-refractivity contribution in [1.82, 2.24) is 19.6 Å². The van der Waals surface area contributed by atoms with Gasteiger partial charge in [-0.2, -0.15) is 0 Å². The van der Waals surface area contributed by atoms with Gasteiger partial charge in [0, 0.05) is 19.3 Å². The molecular formula is C20H22N4O3. The van der Waals surface area contributed by atoms with Crippen LogP contribution in [0.5, 0.6) is 0 Å². The van der Waals surface area contributed by atoms with E-state index in [1.54, 1.807) is 35.1 Å². The zero-order chi connectivity index (χ0) is 18.8. The molecule has 0 unspecified atom stereocenters. The van der Waals surface area contributed by atoms with Gasteiger partial charge in [-0.15, -0.1) is 0 Å². The fraction of sp³-hybridized carbons (Fsp3) is 0.350.